The van der Waals surface area contributed by atoms with Crippen molar-refractivity contribution >= 4 is 17.3 Å². The molecule has 0 aromatic heterocycles. The number of halogens is 1. The molecule has 0 saturated carbocycles. The summed E-state index contributed by atoms with van der Waals surface area (Å²) in [5.41, 5.74) is 6.55. The van der Waals surface area contributed by atoms with Crippen LogP contribution in [0, 0.1) is 0 Å². The number of anilines is 1. The van der Waals surface area contributed by atoms with Crippen LogP contribution in [0.25, 0.3) is 0 Å². The SMILES string of the molecule is CNCC(O)C(O)c1ccc(Cl)cc1N. The first-order chi connectivity index (χ1) is 7.06. The molecule has 2 atom stereocenters. The van der Waals surface area contributed by atoms with Gasteiger partial charge in [-0.1, -0.05) is 17.7 Å². The van der Waals surface area contributed by atoms with Gasteiger partial charge in [0.05, 0.1) is 6.10 Å². The number of nitrogens with two attached hydrogens (primary N) is 1. The summed E-state index contributed by atoms with van der Waals surface area (Å²) in [5, 5.41) is 22.6. The van der Waals surface area contributed by atoms with Crippen LogP contribution in [0.3, 0.4) is 0 Å². The second-order valence-electron chi connectivity index (χ2n) is 3.34. The van der Waals surface area contributed by atoms with E-state index in [1.54, 1.807) is 25.2 Å². The lowest BCUT2D eigenvalue weighted by molar-refractivity contribution is 0.0207. The van der Waals surface area contributed by atoms with Gasteiger partial charge in [0, 0.05) is 22.8 Å². The van der Waals surface area contributed by atoms with Crippen molar-refractivity contribution in [1.82, 2.24) is 5.32 Å². The Labute approximate surface area is 93.7 Å². The van der Waals surface area contributed by atoms with E-state index in [1.807, 2.05) is 0 Å². The van der Waals surface area contributed by atoms with Crippen LogP contribution < -0.4 is 11.1 Å². The Morgan fingerprint density at radius 2 is 2.13 bits per heavy atom. The highest BCUT2D eigenvalue weighted by Gasteiger charge is 2.19. The number of likely N-dealkylation sites (N-methyl/N-ethyl adjacent to an activating group) is 1. The summed E-state index contributed by atoms with van der Waals surface area (Å²) in [6.45, 7) is 0.295. The Hall–Kier alpha value is -0.810. The Morgan fingerprint density at radius 1 is 1.47 bits per heavy atom. The van der Waals surface area contributed by atoms with Crippen molar-refractivity contribution in [2.75, 3.05) is 19.3 Å². The lowest BCUT2D eigenvalue weighted by Gasteiger charge is -2.19. The number of hydrogen-bond donors (Lipinski definition) is 4. The van der Waals surface area contributed by atoms with Crippen LogP contribution in [0.1, 0.15) is 11.7 Å². The van der Waals surface area contributed by atoms with Gasteiger partial charge in [-0.25, -0.2) is 0 Å². The highest BCUT2D eigenvalue weighted by Crippen LogP contribution is 2.25. The molecule has 0 aliphatic carbocycles. The van der Waals surface area contributed by atoms with Crippen molar-refractivity contribution in [3.05, 3.63) is 28.8 Å². The molecule has 15 heavy (non-hydrogen) atoms. The minimum atomic E-state index is -1.00. The van der Waals surface area contributed by atoms with E-state index >= 15 is 0 Å². The monoisotopic (exact) mass is 230 g/mol. The third kappa shape index (κ3) is 3.07. The van der Waals surface area contributed by atoms with Crippen molar-refractivity contribution in [3.8, 4) is 0 Å². The third-order valence-electron chi connectivity index (χ3n) is 2.15. The summed E-state index contributed by atoms with van der Waals surface area (Å²) in [4.78, 5) is 0. The van der Waals surface area contributed by atoms with Crippen LogP contribution in [-0.2, 0) is 0 Å². The second-order valence-corrected chi connectivity index (χ2v) is 3.78. The van der Waals surface area contributed by atoms with Crippen molar-refractivity contribution in [2.45, 2.75) is 12.2 Å². The minimum Gasteiger partial charge on any atom is -0.398 e. The molecule has 0 bridgehead atoms. The van der Waals surface area contributed by atoms with Crippen LogP contribution in [-0.4, -0.2) is 29.9 Å². The number of nitrogen functional groups attached to an aromatic ring is 1. The Kier molecular flexibility index (Phi) is 4.35. The fourth-order valence-electron chi connectivity index (χ4n) is 1.34. The van der Waals surface area contributed by atoms with Gasteiger partial charge < -0.3 is 21.3 Å². The standard InChI is InChI=1S/C10H15ClN2O2/c1-13-5-9(14)10(15)7-3-2-6(11)4-8(7)12/h2-4,9-10,13-15H,5,12H2,1H3. The molecule has 0 heterocycles. The molecule has 0 aliphatic rings. The minimum absolute atomic E-state index is 0.295. The van der Waals surface area contributed by atoms with Crippen molar-refractivity contribution in [1.29, 1.82) is 0 Å². The summed E-state index contributed by atoms with van der Waals surface area (Å²) in [7, 11) is 1.70. The van der Waals surface area contributed by atoms with E-state index in [1.165, 1.54) is 0 Å². The van der Waals surface area contributed by atoms with Crippen molar-refractivity contribution < 1.29 is 10.2 Å². The van der Waals surface area contributed by atoms with Gasteiger partial charge >= 0.3 is 0 Å². The van der Waals surface area contributed by atoms with E-state index in [-0.39, 0.29) is 0 Å². The average molecular weight is 231 g/mol. The van der Waals surface area contributed by atoms with Crippen LogP contribution >= 0.6 is 11.6 Å². The van der Waals surface area contributed by atoms with Crippen LogP contribution in [0.5, 0.6) is 0 Å². The molecule has 5 heteroatoms. The largest absolute Gasteiger partial charge is 0.398 e. The first-order valence-corrected chi connectivity index (χ1v) is 4.99. The van der Waals surface area contributed by atoms with Crippen LogP contribution in [0.2, 0.25) is 5.02 Å². The second kappa shape index (κ2) is 5.32. The Morgan fingerprint density at radius 3 is 2.67 bits per heavy atom. The van der Waals surface area contributed by atoms with Crippen LogP contribution in [0.4, 0.5) is 5.69 Å². The lowest BCUT2D eigenvalue weighted by atomic mass is 10.0. The zero-order chi connectivity index (χ0) is 11.4. The Bertz CT molecular complexity index is 333. The first kappa shape index (κ1) is 12.3. The molecule has 0 aliphatic heterocycles. The zero-order valence-corrected chi connectivity index (χ0v) is 9.20. The summed E-state index contributed by atoms with van der Waals surface area (Å²) in [5.74, 6) is 0. The highest BCUT2D eigenvalue weighted by atomic mass is 35.5. The van der Waals surface area contributed by atoms with E-state index in [9.17, 15) is 10.2 Å². The number of rotatable bonds is 4. The van der Waals surface area contributed by atoms with Crippen molar-refractivity contribution in [2.24, 2.45) is 0 Å². The number of hydrogen-bond acceptors (Lipinski definition) is 4. The molecule has 0 radical (unpaired) electrons. The topological polar surface area (TPSA) is 78.5 Å². The fourth-order valence-corrected chi connectivity index (χ4v) is 1.52. The van der Waals surface area contributed by atoms with E-state index in [0.717, 1.165) is 0 Å². The number of aliphatic hydroxyl groups is 2. The highest BCUT2D eigenvalue weighted by molar-refractivity contribution is 6.30. The molecule has 0 spiro atoms. The maximum atomic E-state index is 9.78. The average Bonchev–Trinajstić information content (AvgIpc) is 2.17. The first-order valence-electron chi connectivity index (χ1n) is 4.62. The molecule has 0 fully saturated rings. The van der Waals surface area contributed by atoms with E-state index < -0.39 is 12.2 Å². The van der Waals surface area contributed by atoms with Gasteiger partial charge in [0.2, 0.25) is 0 Å². The van der Waals surface area contributed by atoms with Gasteiger partial charge in [-0.2, -0.15) is 0 Å². The normalized spacial score (nSPS) is 14.9. The van der Waals surface area contributed by atoms with Crippen LogP contribution in [0.15, 0.2) is 18.2 Å². The fraction of sp³-hybridized carbons (Fsp3) is 0.400. The maximum absolute atomic E-state index is 9.78. The summed E-state index contributed by atoms with van der Waals surface area (Å²) in [6, 6.07) is 4.79. The molecule has 1 rings (SSSR count). The summed E-state index contributed by atoms with van der Waals surface area (Å²) < 4.78 is 0. The lowest BCUT2D eigenvalue weighted by Crippen LogP contribution is -2.29. The molecule has 4 nitrogen and oxygen atoms in total. The molecule has 2 unspecified atom stereocenters. The maximum Gasteiger partial charge on any atom is 0.108 e. The molecular weight excluding hydrogens is 216 g/mol. The van der Waals surface area contributed by atoms with Gasteiger partial charge in [0.15, 0.2) is 0 Å². The number of aliphatic hydroxyl groups excluding tert-OH is 2. The molecule has 1 aromatic carbocycles. The number of nitrogens with one attached hydrogen (secondary N) is 1. The molecular formula is C10H15ClN2O2. The van der Waals surface area contributed by atoms with Gasteiger partial charge in [-0.15, -0.1) is 0 Å². The molecule has 5 N–H and O–H groups in total. The van der Waals surface area contributed by atoms with E-state index in [2.05, 4.69) is 5.32 Å². The third-order valence-corrected chi connectivity index (χ3v) is 2.38. The summed E-state index contributed by atoms with van der Waals surface area (Å²) in [6.07, 6.45) is -1.90. The molecule has 1 aromatic rings. The number of benzene rings is 1. The summed E-state index contributed by atoms with van der Waals surface area (Å²) >= 11 is 5.73. The van der Waals surface area contributed by atoms with Gasteiger partial charge in [-0.05, 0) is 19.2 Å². The van der Waals surface area contributed by atoms with Crippen molar-refractivity contribution in [3.63, 3.8) is 0 Å². The molecule has 84 valence electrons. The molecule has 0 saturated heterocycles. The van der Waals surface area contributed by atoms with Gasteiger partial charge in [0.1, 0.15) is 6.10 Å². The van der Waals surface area contributed by atoms with Gasteiger partial charge in [0.25, 0.3) is 0 Å². The smallest absolute Gasteiger partial charge is 0.108 e. The van der Waals surface area contributed by atoms with E-state index in [4.69, 9.17) is 17.3 Å². The molecule has 0 amide bonds. The predicted octanol–water partition coefficient (Wildman–Crippen LogP) is 0.536. The van der Waals surface area contributed by atoms with E-state index in [0.29, 0.717) is 22.8 Å². The Balaban J connectivity index is 2.86. The van der Waals surface area contributed by atoms with Gasteiger partial charge in [-0.3, -0.25) is 0 Å². The predicted molar refractivity (Wildman–Crippen MR) is 60.8 cm³/mol. The quantitative estimate of drug-likeness (QED) is 0.570. The zero-order valence-electron chi connectivity index (χ0n) is 8.44.